The van der Waals surface area contributed by atoms with Gasteiger partial charge < -0.3 is 15.4 Å². The Hall–Kier alpha value is -1.82. The molecule has 2 rings (SSSR count). The van der Waals surface area contributed by atoms with Crippen LogP contribution in [-0.2, 0) is 0 Å². The molecule has 0 amide bonds. The number of hydrogen-bond acceptors (Lipinski definition) is 5. The summed E-state index contributed by atoms with van der Waals surface area (Å²) in [7, 11) is 1.61. The molecule has 0 aliphatic rings. The molecule has 0 atom stereocenters. The average Bonchev–Trinajstić information content (AvgIpc) is 2.44. The van der Waals surface area contributed by atoms with E-state index < -0.39 is 0 Å². The number of benzene rings is 1. The van der Waals surface area contributed by atoms with Crippen LogP contribution in [-0.4, -0.2) is 23.6 Å². The van der Waals surface area contributed by atoms with Crippen molar-refractivity contribution in [1.82, 2.24) is 9.97 Å². The van der Waals surface area contributed by atoms with Crippen LogP contribution in [0.1, 0.15) is 12.5 Å². The van der Waals surface area contributed by atoms with E-state index in [0.29, 0.717) is 17.4 Å². The number of methoxy groups -OCH3 is 1. The number of aryl methyl sites for hydroxylation is 1. The van der Waals surface area contributed by atoms with Gasteiger partial charge in [0.05, 0.1) is 7.11 Å². The van der Waals surface area contributed by atoms with Crippen molar-refractivity contribution < 1.29 is 4.74 Å². The monoisotopic (exact) mass is 336 g/mol. The molecule has 1 aromatic heterocycles. The minimum atomic E-state index is 0.606. The first-order valence-electron chi connectivity index (χ1n) is 6.31. The Kier molecular flexibility index (Phi) is 4.79. The Morgan fingerprint density at radius 2 is 2.00 bits per heavy atom. The normalized spacial score (nSPS) is 10.2. The van der Waals surface area contributed by atoms with Gasteiger partial charge in [0.2, 0.25) is 5.75 Å². The summed E-state index contributed by atoms with van der Waals surface area (Å²) < 4.78 is 6.47. The summed E-state index contributed by atoms with van der Waals surface area (Å²) >= 11 is 3.49. The molecule has 1 aromatic carbocycles. The van der Waals surface area contributed by atoms with Gasteiger partial charge in [-0.25, -0.2) is 9.97 Å². The lowest BCUT2D eigenvalue weighted by molar-refractivity contribution is 0.415. The van der Waals surface area contributed by atoms with Crippen LogP contribution in [0, 0.1) is 6.92 Å². The third-order valence-electron chi connectivity index (χ3n) is 2.77. The van der Waals surface area contributed by atoms with Gasteiger partial charge in [-0.2, -0.15) is 0 Å². The standard InChI is InChI=1S/C14H17BrN4O/c1-4-16-13-12(20-3)14(18-8-17-13)19-10-5-6-11(15)9(2)7-10/h5-8H,4H2,1-3H3,(H2,16,17,18,19). The minimum absolute atomic E-state index is 0.606. The van der Waals surface area contributed by atoms with E-state index in [1.54, 1.807) is 7.11 Å². The number of anilines is 3. The van der Waals surface area contributed by atoms with E-state index in [1.165, 1.54) is 6.33 Å². The van der Waals surface area contributed by atoms with Crippen molar-refractivity contribution in [2.24, 2.45) is 0 Å². The Labute approximate surface area is 126 Å². The Morgan fingerprint density at radius 3 is 2.65 bits per heavy atom. The number of hydrogen-bond donors (Lipinski definition) is 2. The number of nitrogens with zero attached hydrogens (tertiary/aromatic N) is 2. The predicted molar refractivity (Wildman–Crippen MR) is 84.9 cm³/mol. The van der Waals surface area contributed by atoms with E-state index in [1.807, 2.05) is 32.0 Å². The van der Waals surface area contributed by atoms with E-state index in [4.69, 9.17) is 4.74 Å². The molecule has 0 saturated heterocycles. The quantitative estimate of drug-likeness (QED) is 0.871. The van der Waals surface area contributed by atoms with Gasteiger partial charge in [0.1, 0.15) is 6.33 Å². The Bertz CT molecular complexity index is 604. The van der Waals surface area contributed by atoms with E-state index in [0.717, 1.165) is 22.3 Å². The molecule has 6 heteroatoms. The SMILES string of the molecule is CCNc1ncnc(Nc2ccc(Br)c(C)c2)c1OC. The molecular formula is C14H17BrN4O. The molecule has 0 unspecified atom stereocenters. The molecule has 2 aromatic rings. The highest BCUT2D eigenvalue weighted by atomic mass is 79.9. The Balaban J connectivity index is 2.32. The molecule has 1 heterocycles. The van der Waals surface area contributed by atoms with Crippen LogP contribution in [0.5, 0.6) is 5.75 Å². The van der Waals surface area contributed by atoms with E-state index >= 15 is 0 Å². The van der Waals surface area contributed by atoms with Crippen molar-refractivity contribution in [1.29, 1.82) is 0 Å². The van der Waals surface area contributed by atoms with Crippen molar-refractivity contribution in [2.45, 2.75) is 13.8 Å². The molecule has 0 spiro atoms. The molecule has 0 radical (unpaired) electrons. The summed E-state index contributed by atoms with van der Waals surface area (Å²) in [5.74, 6) is 1.93. The van der Waals surface area contributed by atoms with Crippen LogP contribution in [0.25, 0.3) is 0 Å². The lowest BCUT2D eigenvalue weighted by atomic mass is 10.2. The number of halogens is 1. The molecular weight excluding hydrogens is 320 g/mol. The molecule has 2 N–H and O–H groups in total. The highest BCUT2D eigenvalue weighted by Crippen LogP contribution is 2.31. The summed E-state index contributed by atoms with van der Waals surface area (Å²) in [6, 6.07) is 6.01. The first kappa shape index (κ1) is 14.6. The van der Waals surface area contributed by atoms with Gasteiger partial charge in [0, 0.05) is 16.7 Å². The van der Waals surface area contributed by atoms with E-state index in [9.17, 15) is 0 Å². The Morgan fingerprint density at radius 1 is 1.25 bits per heavy atom. The maximum Gasteiger partial charge on any atom is 0.204 e. The zero-order chi connectivity index (χ0) is 14.5. The van der Waals surface area contributed by atoms with Crippen LogP contribution < -0.4 is 15.4 Å². The van der Waals surface area contributed by atoms with Gasteiger partial charge in [-0.05, 0) is 37.6 Å². The highest BCUT2D eigenvalue weighted by Gasteiger charge is 2.11. The lowest BCUT2D eigenvalue weighted by Gasteiger charge is -2.14. The fourth-order valence-electron chi connectivity index (χ4n) is 1.81. The van der Waals surface area contributed by atoms with E-state index in [-0.39, 0.29) is 0 Å². The topological polar surface area (TPSA) is 59.1 Å². The van der Waals surface area contributed by atoms with Crippen LogP contribution in [0.15, 0.2) is 29.0 Å². The zero-order valence-corrected chi connectivity index (χ0v) is 13.3. The first-order chi connectivity index (χ1) is 9.65. The fraction of sp³-hybridized carbons (Fsp3) is 0.286. The number of ether oxygens (including phenoxy) is 1. The lowest BCUT2D eigenvalue weighted by Crippen LogP contribution is -2.05. The van der Waals surface area contributed by atoms with Crippen molar-refractivity contribution >= 4 is 33.3 Å². The van der Waals surface area contributed by atoms with Gasteiger partial charge in [0.15, 0.2) is 11.6 Å². The smallest absolute Gasteiger partial charge is 0.204 e. The minimum Gasteiger partial charge on any atom is -0.490 e. The van der Waals surface area contributed by atoms with Gasteiger partial charge in [-0.15, -0.1) is 0 Å². The fourth-order valence-corrected chi connectivity index (χ4v) is 2.06. The number of rotatable bonds is 5. The highest BCUT2D eigenvalue weighted by molar-refractivity contribution is 9.10. The van der Waals surface area contributed by atoms with Crippen molar-refractivity contribution in [2.75, 3.05) is 24.3 Å². The van der Waals surface area contributed by atoms with Gasteiger partial charge in [0.25, 0.3) is 0 Å². The summed E-state index contributed by atoms with van der Waals surface area (Å²) in [5, 5.41) is 6.40. The summed E-state index contributed by atoms with van der Waals surface area (Å²) in [4.78, 5) is 8.42. The average molecular weight is 337 g/mol. The molecule has 0 aliphatic carbocycles. The van der Waals surface area contributed by atoms with Crippen LogP contribution in [0.2, 0.25) is 0 Å². The number of nitrogens with one attached hydrogen (secondary N) is 2. The zero-order valence-electron chi connectivity index (χ0n) is 11.7. The third kappa shape index (κ3) is 3.19. The molecule has 0 fully saturated rings. The molecule has 0 bridgehead atoms. The second-order valence-corrected chi connectivity index (χ2v) is 5.08. The van der Waals surface area contributed by atoms with Crippen molar-refractivity contribution in [3.8, 4) is 5.75 Å². The first-order valence-corrected chi connectivity index (χ1v) is 7.11. The molecule has 0 aliphatic heterocycles. The van der Waals surface area contributed by atoms with Gasteiger partial charge in [-0.1, -0.05) is 15.9 Å². The summed E-state index contributed by atoms with van der Waals surface area (Å²) in [5.41, 5.74) is 2.10. The van der Waals surface area contributed by atoms with Gasteiger partial charge in [-0.3, -0.25) is 0 Å². The van der Waals surface area contributed by atoms with Crippen molar-refractivity contribution in [3.63, 3.8) is 0 Å². The van der Waals surface area contributed by atoms with Gasteiger partial charge >= 0.3 is 0 Å². The maximum absolute atomic E-state index is 5.40. The number of aromatic nitrogens is 2. The van der Waals surface area contributed by atoms with Crippen LogP contribution >= 0.6 is 15.9 Å². The largest absolute Gasteiger partial charge is 0.490 e. The third-order valence-corrected chi connectivity index (χ3v) is 3.66. The molecule has 20 heavy (non-hydrogen) atoms. The maximum atomic E-state index is 5.40. The van der Waals surface area contributed by atoms with Crippen LogP contribution in [0.4, 0.5) is 17.3 Å². The van der Waals surface area contributed by atoms with Crippen LogP contribution in [0.3, 0.4) is 0 Å². The molecule has 5 nitrogen and oxygen atoms in total. The summed E-state index contributed by atoms with van der Waals surface area (Å²) in [6.07, 6.45) is 1.51. The molecule has 0 saturated carbocycles. The predicted octanol–water partition coefficient (Wildman–Crippen LogP) is 3.73. The van der Waals surface area contributed by atoms with Crippen molar-refractivity contribution in [3.05, 3.63) is 34.6 Å². The second-order valence-electron chi connectivity index (χ2n) is 4.22. The van der Waals surface area contributed by atoms with E-state index in [2.05, 4.69) is 36.5 Å². The second kappa shape index (κ2) is 6.56. The molecule has 106 valence electrons. The summed E-state index contributed by atoms with van der Waals surface area (Å²) in [6.45, 7) is 4.81.